The van der Waals surface area contributed by atoms with Crippen LogP contribution in [0.1, 0.15) is 27.0 Å². The lowest BCUT2D eigenvalue weighted by Gasteiger charge is -2.11. The number of aromatic carboxylic acids is 1. The Kier molecular flexibility index (Phi) is 3.72. The molecule has 3 nitrogen and oxygen atoms in total. The molecule has 2 aromatic rings. The monoisotopic (exact) mass is 240 g/mol. The van der Waals surface area contributed by atoms with Gasteiger partial charge in [0.2, 0.25) is 0 Å². The van der Waals surface area contributed by atoms with Crippen molar-refractivity contribution in [3.05, 3.63) is 65.0 Å². The zero-order valence-corrected chi connectivity index (χ0v) is 10.2. The summed E-state index contributed by atoms with van der Waals surface area (Å²) in [6.07, 6.45) is 5.23. The number of aromatic nitrogens is 1. The lowest BCUT2D eigenvalue weighted by Crippen LogP contribution is -2.23. The molecule has 0 saturated carbocycles. The van der Waals surface area contributed by atoms with Crippen molar-refractivity contribution < 1.29 is 9.90 Å². The molecule has 0 aliphatic heterocycles. The van der Waals surface area contributed by atoms with E-state index in [0.29, 0.717) is 0 Å². The molecular weight excluding hydrogens is 226 g/mol. The minimum atomic E-state index is -1.12. The molecule has 18 heavy (non-hydrogen) atoms. The van der Waals surface area contributed by atoms with Gasteiger partial charge in [-0.3, -0.25) is 4.98 Å². The van der Waals surface area contributed by atoms with Crippen LogP contribution in [0, 0.1) is 6.92 Å². The number of benzene rings is 1. The molecule has 0 radical (unpaired) electrons. The molecule has 92 valence electrons. The van der Waals surface area contributed by atoms with Crippen molar-refractivity contribution in [3.63, 3.8) is 0 Å². The highest BCUT2D eigenvalue weighted by Crippen LogP contribution is 2.15. The van der Waals surface area contributed by atoms with Crippen LogP contribution in [0.5, 0.6) is 0 Å². The van der Waals surface area contributed by atoms with Crippen molar-refractivity contribution in [1.82, 2.24) is 4.98 Å². The van der Waals surface area contributed by atoms with Crippen LogP contribution >= 0.6 is 0 Å². The van der Waals surface area contributed by atoms with Gasteiger partial charge in [0, 0.05) is 18.0 Å². The molecule has 1 aromatic carbocycles. The molecule has 0 atom stereocenters. The molecule has 0 fully saturated rings. The van der Waals surface area contributed by atoms with E-state index in [-0.39, 0.29) is 5.56 Å². The van der Waals surface area contributed by atoms with Crippen molar-refractivity contribution in [2.24, 2.45) is 0 Å². The standard InChI is InChI=1S/C15H15NO2/c1-11-13(5-2-6-14(11)15(17)18)8-7-12-4-3-9-16-10-12/h2-6,9-10H,7-8H2,1H3,(H,17,18)/p-1. The molecule has 1 heterocycles. The van der Waals surface area contributed by atoms with Gasteiger partial charge in [-0.25, -0.2) is 0 Å². The van der Waals surface area contributed by atoms with Crippen molar-refractivity contribution >= 4 is 5.97 Å². The summed E-state index contributed by atoms with van der Waals surface area (Å²) < 4.78 is 0. The maximum atomic E-state index is 10.9. The second-order valence-corrected chi connectivity index (χ2v) is 4.24. The summed E-state index contributed by atoms with van der Waals surface area (Å²) in [7, 11) is 0. The van der Waals surface area contributed by atoms with Gasteiger partial charge < -0.3 is 9.90 Å². The highest BCUT2D eigenvalue weighted by molar-refractivity contribution is 5.87. The normalized spacial score (nSPS) is 10.3. The Morgan fingerprint density at radius 1 is 1.22 bits per heavy atom. The number of hydrogen-bond donors (Lipinski definition) is 0. The minimum Gasteiger partial charge on any atom is -0.545 e. The van der Waals surface area contributed by atoms with E-state index in [1.54, 1.807) is 18.3 Å². The largest absolute Gasteiger partial charge is 0.545 e. The number of carboxylic acid groups (broad SMARTS) is 1. The van der Waals surface area contributed by atoms with Crippen molar-refractivity contribution in [3.8, 4) is 0 Å². The molecule has 0 amide bonds. The molecule has 0 aliphatic rings. The van der Waals surface area contributed by atoms with E-state index < -0.39 is 5.97 Å². The molecule has 3 heteroatoms. The summed E-state index contributed by atoms with van der Waals surface area (Å²) in [5.74, 6) is -1.12. The number of rotatable bonds is 4. The smallest absolute Gasteiger partial charge is 0.0718 e. The topological polar surface area (TPSA) is 53.0 Å². The van der Waals surface area contributed by atoms with Gasteiger partial charge in [0.15, 0.2) is 0 Å². The van der Waals surface area contributed by atoms with Crippen molar-refractivity contribution in [2.45, 2.75) is 19.8 Å². The Balaban J connectivity index is 2.15. The molecule has 0 N–H and O–H groups in total. The Hall–Kier alpha value is -2.16. The Morgan fingerprint density at radius 2 is 2.06 bits per heavy atom. The van der Waals surface area contributed by atoms with Crippen LogP contribution < -0.4 is 5.11 Å². The molecular formula is C15H14NO2-. The molecule has 0 aliphatic carbocycles. The molecule has 0 bridgehead atoms. The van der Waals surface area contributed by atoms with E-state index in [1.165, 1.54) is 0 Å². The number of aryl methyl sites for hydroxylation is 2. The summed E-state index contributed by atoms with van der Waals surface area (Å²) in [6.45, 7) is 1.82. The zero-order valence-electron chi connectivity index (χ0n) is 10.2. The second-order valence-electron chi connectivity index (χ2n) is 4.24. The van der Waals surface area contributed by atoms with E-state index in [4.69, 9.17) is 0 Å². The third-order valence-electron chi connectivity index (χ3n) is 3.07. The molecule has 2 rings (SSSR count). The van der Waals surface area contributed by atoms with Gasteiger partial charge in [-0.15, -0.1) is 0 Å². The summed E-state index contributed by atoms with van der Waals surface area (Å²) in [5.41, 5.74) is 3.26. The lowest BCUT2D eigenvalue weighted by molar-refractivity contribution is -0.255. The van der Waals surface area contributed by atoms with Gasteiger partial charge >= 0.3 is 0 Å². The first kappa shape index (κ1) is 12.3. The highest BCUT2D eigenvalue weighted by Gasteiger charge is 2.04. The Bertz CT molecular complexity index is 550. The van der Waals surface area contributed by atoms with Crippen LogP contribution in [0.2, 0.25) is 0 Å². The van der Waals surface area contributed by atoms with Crippen LogP contribution in [-0.2, 0) is 12.8 Å². The van der Waals surface area contributed by atoms with Gasteiger partial charge in [-0.1, -0.05) is 24.3 Å². The molecule has 1 aromatic heterocycles. The number of carboxylic acids is 1. The number of carbonyl (C=O) groups excluding carboxylic acids is 1. The van der Waals surface area contributed by atoms with Gasteiger partial charge in [-0.2, -0.15) is 0 Å². The number of nitrogens with zero attached hydrogens (tertiary/aromatic N) is 1. The van der Waals surface area contributed by atoms with Crippen LogP contribution in [0.4, 0.5) is 0 Å². The highest BCUT2D eigenvalue weighted by atomic mass is 16.4. The van der Waals surface area contributed by atoms with E-state index in [0.717, 1.165) is 29.5 Å². The molecule has 0 saturated heterocycles. The minimum absolute atomic E-state index is 0.277. The first-order chi connectivity index (χ1) is 8.68. The maximum absolute atomic E-state index is 10.9. The van der Waals surface area contributed by atoms with Gasteiger partial charge in [0.25, 0.3) is 0 Å². The fraction of sp³-hybridized carbons (Fsp3) is 0.200. The summed E-state index contributed by atoms with van der Waals surface area (Å²) in [5, 5.41) is 10.9. The van der Waals surface area contributed by atoms with Gasteiger partial charge in [0.05, 0.1) is 5.97 Å². The first-order valence-corrected chi connectivity index (χ1v) is 5.87. The summed E-state index contributed by atoms with van der Waals surface area (Å²) in [4.78, 5) is 15.0. The zero-order chi connectivity index (χ0) is 13.0. The fourth-order valence-corrected chi connectivity index (χ4v) is 2.00. The Morgan fingerprint density at radius 3 is 2.72 bits per heavy atom. The summed E-state index contributed by atoms with van der Waals surface area (Å²) in [6, 6.07) is 9.22. The summed E-state index contributed by atoms with van der Waals surface area (Å²) >= 11 is 0. The van der Waals surface area contributed by atoms with Crippen LogP contribution in [0.3, 0.4) is 0 Å². The van der Waals surface area contributed by atoms with Crippen LogP contribution in [-0.4, -0.2) is 11.0 Å². The lowest BCUT2D eigenvalue weighted by atomic mass is 9.97. The average Bonchev–Trinajstić information content (AvgIpc) is 2.38. The van der Waals surface area contributed by atoms with Crippen molar-refractivity contribution in [1.29, 1.82) is 0 Å². The molecule has 0 spiro atoms. The quantitative estimate of drug-likeness (QED) is 0.814. The maximum Gasteiger partial charge on any atom is 0.0718 e. The SMILES string of the molecule is Cc1c(CCc2cccnc2)cccc1C(=O)[O-]. The predicted octanol–water partition coefficient (Wildman–Crippen LogP) is 1.54. The third kappa shape index (κ3) is 2.74. The third-order valence-corrected chi connectivity index (χ3v) is 3.07. The van der Waals surface area contributed by atoms with Gasteiger partial charge in [0.1, 0.15) is 0 Å². The second kappa shape index (κ2) is 5.45. The van der Waals surface area contributed by atoms with E-state index in [2.05, 4.69) is 4.98 Å². The number of hydrogen-bond acceptors (Lipinski definition) is 3. The average molecular weight is 240 g/mol. The Labute approximate surface area is 106 Å². The van der Waals surface area contributed by atoms with Crippen LogP contribution in [0.15, 0.2) is 42.7 Å². The van der Waals surface area contributed by atoms with E-state index >= 15 is 0 Å². The number of pyridine rings is 1. The fourth-order valence-electron chi connectivity index (χ4n) is 2.00. The van der Waals surface area contributed by atoms with Gasteiger partial charge in [-0.05, 0) is 42.5 Å². The van der Waals surface area contributed by atoms with Crippen molar-refractivity contribution in [2.75, 3.05) is 0 Å². The van der Waals surface area contributed by atoms with E-state index in [9.17, 15) is 9.90 Å². The molecule has 0 unspecified atom stereocenters. The van der Waals surface area contributed by atoms with Crippen LogP contribution in [0.25, 0.3) is 0 Å². The van der Waals surface area contributed by atoms with E-state index in [1.807, 2.05) is 31.3 Å². The first-order valence-electron chi connectivity index (χ1n) is 5.87. The predicted molar refractivity (Wildman–Crippen MR) is 67.2 cm³/mol. The number of carbonyl (C=O) groups is 1.